The van der Waals surface area contributed by atoms with E-state index in [4.69, 9.17) is 5.73 Å². The highest BCUT2D eigenvalue weighted by Crippen LogP contribution is 2.53. The summed E-state index contributed by atoms with van der Waals surface area (Å²) in [4.78, 5) is 0. The van der Waals surface area contributed by atoms with Crippen molar-refractivity contribution in [3.8, 4) is 44.5 Å². The molecular weight excluding hydrogens is 751 g/mol. The lowest BCUT2D eigenvalue weighted by molar-refractivity contribution is 0.509. The average molecular weight is 800 g/mol. The molecule has 4 N–H and O–H groups in total. The fraction of sp³-hybridized carbons (Fsp3) is 0.0847. The van der Waals surface area contributed by atoms with Crippen molar-refractivity contribution in [1.82, 2.24) is 5.32 Å². The molecule has 300 valence electrons. The normalized spacial score (nSPS) is 13.7. The van der Waals surface area contributed by atoms with Crippen molar-refractivity contribution in [2.75, 3.05) is 5.32 Å². The lowest BCUT2D eigenvalue weighted by atomic mass is 9.81. The monoisotopic (exact) mass is 799 g/mol. The van der Waals surface area contributed by atoms with Gasteiger partial charge in [-0.1, -0.05) is 208 Å². The summed E-state index contributed by atoms with van der Waals surface area (Å²) in [5.74, 6) is 0. The van der Waals surface area contributed by atoms with Crippen molar-refractivity contribution >= 4 is 28.2 Å². The van der Waals surface area contributed by atoms with Crippen molar-refractivity contribution in [3.05, 3.63) is 246 Å². The molecule has 0 aliphatic heterocycles. The number of para-hydroxylation sites is 1. The van der Waals surface area contributed by atoms with E-state index in [9.17, 15) is 0 Å². The van der Waals surface area contributed by atoms with Gasteiger partial charge in [0.15, 0.2) is 0 Å². The topological polar surface area (TPSA) is 50.1 Å². The molecule has 0 radical (unpaired) electrons. The van der Waals surface area contributed by atoms with E-state index in [0.29, 0.717) is 0 Å². The van der Waals surface area contributed by atoms with E-state index in [-0.39, 0.29) is 17.6 Å². The van der Waals surface area contributed by atoms with E-state index in [1.165, 1.54) is 49.7 Å². The first kappa shape index (κ1) is 38.9. The Bertz CT molecular complexity index is 3020. The number of anilines is 2. The van der Waals surface area contributed by atoms with Gasteiger partial charge in [0.25, 0.3) is 0 Å². The highest BCUT2D eigenvalue weighted by molar-refractivity contribution is 5.98. The maximum absolute atomic E-state index is 6.83. The van der Waals surface area contributed by atoms with E-state index in [2.05, 4.69) is 225 Å². The van der Waals surface area contributed by atoms with Crippen molar-refractivity contribution < 1.29 is 0 Å². The lowest BCUT2D eigenvalue weighted by Gasteiger charge is -2.22. The zero-order valence-corrected chi connectivity index (χ0v) is 35.1. The fourth-order valence-corrected chi connectivity index (χ4v) is 9.16. The van der Waals surface area contributed by atoms with Crippen LogP contribution in [0.2, 0.25) is 0 Å². The summed E-state index contributed by atoms with van der Waals surface area (Å²) < 4.78 is 0. The summed E-state index contributed by atoms with van der Waals surface area (Å²) in [6.07, 6.45) is 4.08. The summed E-state index contributed by atoms with van der Waals surface area (Å²) >= 11 is 0. The summed E-state index contributed by atoms with van der Waals surface area (Å²) in [5.41, 5.74) is 24.7. The smallest absolute Gasteiger partial charge is 0.0817 e. The van der Waals surface area contributed by atoms with Crippen LogP contribution in [0, 0.1) is 0 Å². The number of benzene rings is 9. The lowest BCUT2D eigenvalue weighted by Crippen LogP contribution is -2.31. The Kier molecular flexibility index (Phi) is 10.4. The Labute approximate surface area is 365 Å². The maximum atomic E-state index is 6.83. The van der Waals surface area contributed by atoms with Crippen molar-refractivity contribution in [1.29, 1.82) is 0 Å². The van der Waals surface area contributed by atoms with Crippen LogP contribution in [-0.2, 0) is 5.41 Å². The minimum absolute atomic E-state index is 0.0797. The van der Waals surface area contributed by atoms with Crippen LogP contribution in [-0.4, -0.2) is 0 Å². The number of hydrogen-bond acceptors (Lipinski definition) is 3. The van der Waals surface area contributed by atoms with Gasteiger partial charge in [-0.15, -0.1) is 0 Å². The van der Waals surface area contributed by atoms with Crippen LogP contribution in [0.15, 0.2) is 218 Å². The molecule has 0 amide bonds. The maximum Gasteiger partial charge on any atom is 0.0817 e. The quantitative estimate of drug-likeness (QED) is 0.114. The molecule has 0 fully saturated rings. The van der Waals surface area contributed by atoms with Gasteiger partial charge < -0.3 is 11.1 Å². The van der Waals surface area contributed by atoms with Crippen LogP contribution in [0.4, 0.5) is 11.4 Å². The van der Waals surface area contributed by atoms with Gasteiger partial charge in [0, 0.05) is 22.4 Å². The molecule has 62 heavy (non-hydrogen) atoms. The third-order valence-electron chi connectivity index (χ3n) is 12.5. The van der Waals surface area contributed by atoms with Gasteiger partial charge in [0.1, 0.15) is 0 Å². The van der Waals surface area contributed by atoms with Crippen molar-refractivity contribution in [2.45, 2.75) is 31.5 Å². The Balaban J connectivity index is 0.948. The van der Waals surface area contributed by atoms with E-state index in [0.717, 1.165) is 44.8 Å². The van der Waals surface area contributed by atoms with Gasteiger partial charge in [-0.3, -0.25) is 5.32 Å². The fourth-order valence-electron chi connectivity index (χ4n) is 9.16. The molecule has 0 spiro atoms. The minimum atomic E-state index is -0.352. The van der Waals surface area contributed by atoms with Gasteiger partial charge >= 0.3 is 0 Å². The van der Waals surface area contributed by atoms with Crippen molar-refractivity contribution in [3.63, 3.8) is 0 Å². The van der Waals surface area contributed by atoms with Crippen molar-refractivity contribution in [2.24, 2.45) is 5.73 Å². The first-order chi connectivity index (χ1) is 30.4. The third-order valence-corrected chi connectivity index (χ3v) is 12.5. The van der Waals surface area contributed by atoms with Crippen LogP contribution in [0.1, 0.15) is 53.9 Å². The zero-order chi connectivity index (χ0) is 42.0. The van der Waals surface area contributed by atoms with Crippen LogP contribution in [0.3, 0.4) is 0 Å². The molecule has 3 heteroatoms. The standard InChI is InChI=1S/C59H49N3/c1-59(2)53-24-14-23-51(57(53)52-37-46-19-12-13-20-47(46)38-54(52)59)43-28-25-40(26-29-43)27-36-55(62-58(60)45-17-8-4-9-18-45)44-32-30-41(31-33-44)48-34-35-50(42-15-6-3-7-16-42)56(39-48)61-49-21-10-5-11-22-49/h3-39,55,58,61-62H,60H2,1-2H3/b36-27+. The van der Waals surface area contributed by atoms with Crippen LogP contribution in [0.25, 0.3) is 61.4 Å². The highest BCUT2D eigenvalue weighted by atomic mass is 15.0. The number of nitrogens with two attached hydrogens (primary N) is 1. The largest absolute Gasteiger partial charge is 0.355 e. The average Bonchev–Trinajstić information content (AvgIpc) is 3.55. The number of rotatable bonds is 11. The number of nitrogens with one attached hydrogen (secondary N) is 2. The molecule has 9 aromatic rings. The first-order valence-electron chi connectivity index (χ1n) is 21.5. The first-order valence-corrected chi connectivity index (χ1v) is 21.5. The molecule has 9 aromatic carbocycles. The van der Waals surface area contributed by atoms with Gasteiger partial charge in [-0.05, 0) is 108 Å². The molecule has 1 aliphatic carbocycles. The third kappa shape index (κ3) is 7.65. The number of hydrogen-bond donors (Lipinski definition) is 3. The molecule has 0 aromatic heterocycles. The predicted octanol–water partition coefficient (Wildman–Crippen LogP) is 14.9. The summed E-state index contributed by atoms with van der Waals surface area (Å²) in [7, 11) is 0. The molecule has 3 nitrogen and oxygen atoms in total. The molecule has 0 bridgehead atoms. The Morgan fingerprint density at radius 1 is 0.468 bits per heavy atom. The molecule has 2 unspecified atom stereocenters. The highest BCUT2D eigenvalue weighted by Gasteiger charge is 2.37. The Hall–Kier alpha value is -7.30. The van der Waals surface area contributed by atoms with E-state index in [1.807, 2.05) is 24.3 Å². The Morgan fingerprint density at radius 2 is 1.08 bits per heavy atom. The SMILES string of the molecule is CC1(C)c2cc3ccccc3cc2-c2c(-c3ccc(/C=C/C(NC(N)c4ccccc4)c4ccc(-c5ccc(-c6ccccc6)c(Nc6ccccc6)c5)cc4)cc3)cccc21. The second-order valence-corrected chi connectivity index (χ2v) is 16.9. The summed E-state index contributed by atoms with van der Waals surface area (Å²) in [6.45, 7) is 4.71. The number of fused-ring (bicyclic) bond motifs is 4. The molecular formula is C59H49N3. The predicted molar refractivity (Wildman–Crippen MR) is 262 cm³/mol. The summed E-state index contributed by atoms with van der Waals surface area (Å²) in [5, 5.41) is 9.97. The van der Waals surface area contributed by atoms with Gasteiger partial charge in [0.2, 0.25) is 0 Å². The van der Waals surface area contributed by atoms with Crippen LogP contribution < -0.4 is 16.4 Å². The van der Waals surface area contributed by atoms with Gasteiger partial charge in [-0.2, -0.15) is 0 Å². The van der Waals surface area contributed by atoms with Crippen LogP contribution >= 0.6 is 0 Å². The van der Waals surface area contributed by atoms with E-state index in [1.54, 1.807) is 0 Å². The molecule has 1 aliphatic rings. The van der Waals surface area contributed by atoms with Crippen LogP contribution in [0.5, 0.6) is 0 Å². The molecule has 0 saturated heterocycles. The summed E-state index contributed by atoms with van der Waals surface area (Å²) in [6, 6.07) is 75.8. The minimum Gasteiger partial charge on any atom is -0.355 e. The van der Waals surface area contributed by atoms with E-state index < -0.39 is 0 Å². The molecule has 10 rings (SSSR count). The second kappa shape index (κ2) is 16.6. The molecule has 0 heterocycles. The van der Waals surface area contributed by atoms with Gasteiger partial charge in [-0.25, -0.2) is 0 Å². The molecule has 0 saturated carbocycles. The Morgan fingerprint density at radius 3 is 1.81 bits per heavy atom. The second-order valence-electron chi connectivity index (χ2n) is 16.9. The van der Waals surface area contributed by atoms with E-state index >= 15 is 0 Å². The zero-order valence-electron chi connectivity index (χ0n) is 35.1. The van der Waals surface area contributed by atoms with Gasteiger partial charge in [0.05, 0.1) is 12.2 Å². The molecule has 2 atom stereocenters.